The molecule has 0 spiro atoms. The molecule has 1 heterocycles. The Bertz CT molecular complexity index is 309. The van der Waals surface area contributed by atoms with Crippen molar-refractivity contribution in [2.75, 3.05) is 0 Å². The first-order valence-electron chi connectivity index (χ1n) is 3.13. The predicted octanol–water partition coefficient (Wildman–Crippen LogP) is 2.09. The Balaban J connectivity index is 2.60. The summed E-state index contributed by atoms with van der Waals surface area (Å²) in [6, 6.07) is 7.25. The molecule has 0 bridgehead atoms. The van der Waals surface area contributed by atoms with Crippen molar-refractivity contribution in [3.8, 4) is 0 Å². The Morgan fingerprint density at radius 1 is 1.18 bits per heavy atom. The van der Waals surface area contributed by atoms with Crippen molar-refractivity contribution in [2.45, 2.75) is 0 Å². The van der Waals surface area contributed by atoms with Crippen molar-refractivity contribution in [2.24, 2.45) is 0 Å². The van der Waals surface area contributed by atoms with Crippen LogP contribution >= 0.6 is 15.9 Å². The van der Waals surface area contributed by atoms with E-state index in [-0.39, 0.29) is 5.97 Å². The van der Waals surface area contributed by atoms with Gasteiger partial charge in [0.15, 0.2) is 0 Å². The molecule has 2 rings (SSSR count). The summed E-state index contributed by atoms with van der Waals surface area (Å²) in [6.07, 6.45) is 0. The second-order valence-electron chi connectivity index (χ2n) is 2.21. The van der Waals surface area contributed by atoms with E-state index in [0.29, 0.717) is 10.6 Å². The third-order valence-electron chi connectivity index (χ3n) is 1.54. The number of esters is 1. The van der Waals surface area contributed by atoms with Gasteiger partial charge in [0.25, 0.3) is 0 Å². The Morgan fingerprint density at radius 2 is 1.82 bits per heavy atom. The van der Waals surface area contributed by atoms with E-state index in [1.165, 1.54) is 0 Å². The molecule has 1 radical (unpaired) electrons. The van der Waals surface area contributed by atoms with Crippen LogP contribution in [-0.2, 0) is 4.74 Å². The van der Waals surface area contributed by atoms with Gasteiger partial charge in [0.05, 0.1) is 5.56 Å². The number of benzene rings is 1. The number of cyclic esters (lactones) is 1. The van der Waals surface area contributed by atoms with Crippen LogP contribution < -0.4 is 0 Å². The van der Waals surface area contributed by atoms with Crippen LogP contribution in [0.1, 0.15) is 15.9 Å². The minimum atomic E-state index is -0.285. The maximum absolute atomic E-state index is 11.0. The lowest BCUT2D eigenvalue weighted by Gasteiger charge is -1.95. The van der Waals surface area contributed by atoms with Gasteiger partial charge in [0.1, 0.15) is 0 Å². The molecule has 0 aromatic heterocycles. The van der Waals surface area contributed by atoms with E-state index in [1.807, 2.05) is 18.2 Å². The first-order valence-corrected chi connectivity index (χ1v) is 3.92. The summed E-state index contributed by atoms with van der Waals surface area (Å²) >= 11 is 3.15. The zero-order valence-electron chi connectivity index (χ0n) is 5.50. The Labute approximate surface area is 72.3 Å². The monoisotopic (exact) mass is 211 g/mol. The Hall–Kier alpha value is -0.830. The van der Waals surface area contributed by atoms with Gasteiger partial charge in [0.2, 0.25) is 5.01 Å². The molecule has 2 nitrogen and oxygen atoms in total. The van der Waals surface area contributed by atoms with Crippen LogP contribution in [0.5, 0.6) is 0 Å². The molecule has 0 unspecified atom stereocenters. The van der Waals surface area contributed by atoms with Gasteiger partial charge in [-0.15, -0.1) is 0 Å². The van der Waals surface area contributed by atoms with Crippen LogP contribution in [0, 0.1) is 5.01 Å². The lowest BCUT2D eigenvalue weighted by Crippen LogP contribution is -1.92. The van der Waals surface area contributed by atoms with Crippen LogP contribution in [0.25, 0.3) is 0 Å². The SMILES string of the molecule is O=C1O[C](Br)c2ccccc21. The lowest BCUT2D eigenvalue weighted by molar-refractivity contribution is 0.0646. The van der Waals surface area contributed by atoms with Gasteiger partial charge in [-0.1, -0.05) is 18.2 Å². The number of rotatable bonds is 0. The molecule has 55 valence electrons. The number of hydrogen-bond acceptors (Lipinski definition) is 2. The third kappa shape index (κ3) is 0.959. The number of hydrogen-bond donors (Lipinski definition) is 0. The second kappa shape index (κ2) is 2.34. The fourth-order valence-corrected chi connectivity index (χ4v) is 1.52. The molecule has 0 saturated heterocycles. The normalized spacial score (nSPS) is 16.3. The average molecular weight is 212 g/mol. The highest BCUT2D eigenvalue weighted by molar-refractivity contribution is 9.11. The van der Waals surface area contributed by atoms with Crippen LogP contribution in [0.3, 0.4) is 0 Å². The molecule has 1 aliphatic heterocycles. The highest BCUT2D eigenvalue weighted by Crippen LogP contribution is 2.33. The fraction of sp³-hybridized carbons (Fsp3) is 0. The molecule has 1 aromatic rings. The summed E-state index contributed by atoms with van der Waals surface area (Å²) in [5, 5.41) is 0.512. The highest BCUT2D eigenvalue weighted by atomic mass is 79.9. The number of ether oxygens (including phenoxy) is 1. The molecular formula is C8H4BrO2. The van der Waals surface area contributed by atoms with Crippen LogP contribution in [0.4, 0.5) is 0 Å². The number of carbonyl (C=O) groups is 1. The third-order valence-corrected chi connectivity index (χ3v) is 2.13. The van der Waals surface area contributed by atoms with Gasteiger partial charge >= 0.3 is 5.97 Å². The van der Waals surface area contributed by atoms with Gasteiger partial charge in [-0.05, 0) is 22.0 Å². The average Bonchev–Trinajstić information content (AvgIpc) is 2.30. The second-order valence-corrected chi connectivity index (χ2v) is 2.93. The molecule has 0 N–H and O–H groups in total. The first kappa shape index (κ1) is 6.85. The topological polar surface area (TPSA) is 26.3 Å². The summed E-state index contributed by atoms with van der Waals surface area (Å²) in [6.45, 7) is 0. The molecule has 0 atom stereocenters. The quantitative estimate of drug-likeness (QED) is 0.615. The molecular weight excluding hydrogens is 208 g/mol. The minimum absolute atomic E-state index is 0.285. The molecule has 1 aliphatic rings. The van der Waals surface area contributed by atoms with Crippen molar-refractivity contribution in [3.05, 3.63) is 40.4 Å². The summed E-state index contributed by atoms with van der Waals surface area (Å²) in [5.74, 6) is -0.285. The smallest absolute Gasteiger partial charge is 0.340 e. The van der Waals surface area contributed by atoms with Crippen molar-refractivity contribution in [1.82, 2.24) is 0 Å². The van der Waals surface area contributed by atoms with Gasteiger partial charge in [-0.3, -0.25) is 0 Å². The number of carbonyl (C=O) groups excluding carboxylic acids is 1. The van der Waals surface area contributed by atoms with Gasteiger partial charge in [-0.2, -0.15) is 0 Å². The molecule has 0 fully saturated rings. The predicted molar refractivity (Wildman–Crippen MR) is 43.1 cm³/mol. The van der Waals surface area contributed by atoms with Crippen LogP contribution in [0.15, 0.2) is 24.3 Å². The lowest BCUT2D eigenvalue weighted by atomic mass is 10.1. The Kier molecular flexibility index (Phi) is 1.46. The standard InChI is InChI=1S/C8H4BrO2/c9-7-5-3-1-2-4-6(5)8(10)11-7/h1-4H. The summed E-state index contributed by atoms with van der Waals surface area (Å²) in [4.78, 5) is 11.0. The van der Waals surface area contributed by atoms with Crippen molar-refractivity contribution in [3.63, 3.8) is 0 Å². The van der Waals surface area contributed by atoms with Crippen molar-refractivity contribution >= 4 is 21.9 Å². The van der Waals surface area contributed by atoms with Crippen molar-refractivity contribution in [1.29, 1.82) is 0 Å². The van der Waals surface area contributed by atoms with Crippen LogP contribution in [-0.4, -0.2) is 5.97 Å². The van der Waals surface area contributed by atoms with E-state index in [2.05, 4.69) is 15.9 Å². The van der Waals surface area contributed by atoms with Gasteiger partial charge in [-0.25, -0.2) is 4.79 Å². The molecule has 0 aliphatic carbocycles. The molecule has 11 heavy (non-hydrogen) atoms. The minimum Gasteiger partial charge on any atom is -0.433 e. The zero-order chi connectivity index (χ0) is 7.84. The molecule has 0 amide bonds. The van der Waals surface area contributed by atoms with Gasteiger partial charge < -0.3 is 4.74 Å². The Morgan fingerprint density at radius 3 is 2.45 bits per heavy atom. The maximum atomic E-state index is 11.0. The fourth-order valence-electron chi connectivity index (χ4n) is 1.02. The van der Waals surface area contributed by atoms with Crippen molar-refractivity contribution < 1.29 is 9.53 Å². The van der Waals surface area contributed by atoms with E-state index >= 15 is 0 Å². The highest BCUT2D eigenvalue weighted by Gasteiger charge is 2.29. The maximum Gasteiger partial charge on any atom is 0.340 e. The summed E-state index contributed by atoms with van der Waals surface area (Å²) in [7, 11) is 0. The largest absolute Gasteiger partial charge is 0.433 e. The van der Waals surface area contributed by atoms with E-state index in [4.69, 9.17) is 4.74 Å². The zero-order valence-corrected chi connectivity index (χ0v) is 7.09. The molecule has 3 heteroatoms. The first-order chi connectivity index (χ1) is 5.29. The van der Waals surface area contributed by atoms with E-state index < -0.39 is 0 Å². The van der Waals surface area contributed by atoms with Gasteiger partial charge in [0, 0.05) is 5.56 Å². The summed E-state index contributed by atoms with van der Waals surface area (Å²) < 4.78 is 4.83. The summed E-state index contributed by atoms with van der Waals surface area (Å²) in [5.41, 5.74) is 1.46. The number of fused-ring (bicyclic) bond motifs is 1. The van der Waals surface area contributed by atoms with E-state index in [9.17, 15) is 4.79 Å². The van der Waals surface area contributed by atoms with Crippen LogP contribution in [0.2, 0.25) is 0 Å². The van der Waals surface area contributed by atoms with E-state index in [1.54, 1.807) is 6.07 Å². The molecule has 0 saturated carbocycles. The molecule has 1 aromatic carbocycles. The van der Waals surface area contributed by atoms with E-state index in [0.717, 1.165) is 5.56 Å². The number of halogens is 1.